The van der Waals surface area contributed by atoms with E-state index >= 15 is 0 Å². The van der Waals surface area contributed by atoms with Gasteiger partial charge in [-0.3, -0.25) is 4.79 Å². The first-order chi connectivity index (χ1) is 9.10. The summed E-state index contributed by atoms with van der Waals surface area (Å²) < 4.78 is 0. The van der Waals surface area contributed by atoms with Crippen molar-refractivity contribution >= 4 is 18.0 Å². The summed E-state index contributed by atoms with van der Waals surface area (Å²) in [7, 11) is 0. The molecule has 1 heterocycles. The number of allylic oxidation sites excluding steroid dienone is 3. The molecule has 104 valence electrons. The molecule has 0 aromatic rings. The van der Waals surface area contributed by atoms with Gasteiger partial charge in [-0.1, -0.05) is 45.1 Å². The van der Waals surface area contributed by atoms with E-state index in [1.807, 2.05) is 32.1 Å². The van der Waals surface area contributed by atoms with Crippen LogP contribution in [0.4, 0.5) is 0 Å². The van der Waals surface area contributed by atoms with Gasteiger partial charge in [-0.2, -0.15) is 0 Å². The number of hydrogen-bond donors (Lipinski definition) is 1. The third-order valence-corrected chi connectivity index (χ3v) is 3.27. The van der Waals surface area contributed by atoms with Gasteiger partial charge in [0.15, 0.2) is 5.54 Å². The molecule has 0 aliphatic carbocycles. The van der Waals surface area contributed by atoms with E-state index in [1.165, 1.54) is 0 Å². The maximum absolute atomic E-state index is 11.8. The summed E-state index contributed by atoms with van der Waals surface area (Å²) in [6, 6.07) is 0. The number of carbonyl (C=O) groups excluding carboxylic acids is 1. The summed E-state index contributed by atoms with van der Waals surface area (Å²) in [5.74, 6) is 0.199. The number of hydrogen-bond acceptors (Lipinski definition) is 3. The largest absolute Gasteiger partial charge is 0.367 e. The fourth-order valence-corrected chi connectivity index (χ4v) is 2.10. The van der Waals surface area contributed by atoms with Crippen LogP contribution in [0.5, 0.6) is 0 Å². The van der Waals surface area contributed by atoms with Gasteiger partial charge in [-0.25, -0.2) is 9.98 Å². The highest BCUT2D eigenvalue weighted by Gasteiger charge is 2.43. The lowest BCUT2D eigenvalue weighted by Crippen LogP contribution is -2.48. The van der Waals surface area contributed by atoms with Crippen LogP contribution in [0.2, 0.25) is 0 Å². The van der Waals surface area contributed by atoms with Gasteiger partial charge in [0.2, 0.25) is 0 Å². The number of rotatable bonds is 7. The van der Waals surface area contributed by atoms with Crippen molar-refractivity contribution in [2.45, 2.75) is 45.6 Å². The fourth-order valence-electron chi connectivity index (χ4n) is 2.10. The van der Waals surface area contributed by atoms with Crippen molar-refractivity contribution in [1.82, 2.24) is 0 Å². The van der Waals surface area contributed by atoms with E-state index in [9.17, 15) is 4.79 Å². The maximum Gasteiger partial charge on any atom is 0.251 e. The van der Waals surface area contributed by atoms with Crippen LogP contribution in [0, 0.1) is 5.92 Å². The van der Waals surface area contributed by atoms with Crippen molar-refractivity contribution in [2.24, 2.45) is 21.6 Å². The van der Waals surface area contributed by atoms with Gasteiger partial charge >= 0.3 is 0 Å². The lowest BCUT2D eigenvalue weighted by molar-refractivity contribution is -0.121. The average molecular weight is 261 g/mol. The molecule has 19 heavy (non-hydrogen) atoms. The molecule has 0 saturated heterocycles. The first-order valence-corrected chi connectivity index (χ1v) is 6.87. The van der Waals surface area contributed by atoms with E-state index in [2.05, 4.69) is 23.0 Å². The van der Waals surface area contributed by atoms with E-state index in [1.54, 1.807) is 6.21 Å². The average Bonchev–Trinajstić information content (AvgIpc) is 2.84. The maximum atomic E-state index is 11.8. The number of amidine groups is 1. The molecule has 2 atom stereocenters. The predicted octanol–water partition coefficient (Wildman–Crippen LogP) is 2.65. The number of primary amides is 1. The smallest absolute Gasteiger partial charge is 0.251 e. The standard InChI is InChI=1S/C15H23N3O/c1-4-7-8-9-10-12(5-2)15(14(16)19)11-17-13(6-3)18-15/h7-12H,4-6H2,1-3H3,(H2,16,19). The number of carbonyl (C=O) groups is 1. The monoisotopic (exact) mass is 261 g/mol. The third kappa shape index (κ3) is 3.40. The Morgan fingerprint density at radius 1 is 1.42 bits per heavy atom. The van der Waals surface area contributed by atoms with Gasteiger partial charge < -0.3 is 5.73 Å². The van der Waals surface area contributed by atoms with Crippen molar-refractivity contribution in [2.75, 3.05) is 0 Å². The second kappa shape index (κ2) is 7.02. The molecule has 0 aromatic carbocycles. The fraction of sp³-hybridized carbons (Fsp3) is 0.533. The molecule has 2 unspecified atom stereocenters. The van der Waals surface area contributed by atoms with Crippen LogP contribution in [-0.2, 0) is 4.79 Å². The van der Waals surface area contributed by atoms with Crippen LogP contribution in [-0.4, -0.2) is 23.5 Å². The van der Waals surface area contributed by atoms with Gasteiger partial charge in [0.05, 0.1) is 0 Å². The highest BCUT2D eigenvalue weighted by Crippen LogP contribution is 2.29. The zero-order valence-corrected chi connectivity index (χ0v) is 12.0. The van der Waals surface area contributed by atoms with E-state index < -0.39 is 11.4 Å². The van der Waals surface area contributed by atoms with Crippen LogP contribution in [0.15, 0.2) is 34.3 Å². The van der Waals surface area contributed by atoms with Crippen LogP contribution in [0.3, 0.4) is 0 Å². The van der Waals surface area contributed by atoms with E-state index in [0.29, 0.717) is 12.3 Å². The lowest BCUT2D eigenvalue weighted by atomic mass is 9.82. The predicted molar refractivity (Wildman–Crippen MR) is 80.5 cm³/mol. The molecule has 1 rings (SSSR count). The molecular weight excluding hydrogens is 238 g/mol. The molecule has 0 radical (unpaired) electrons. The van der Waals surface area contributed by atoms with E-state index in [0.717, 1.165) is 12.8 Å². The molecule has 2 N–H and O–H groups in total. The molecular formula is C15H23N3O. The quantitative estimate of drug-likeness (QED) is 0.703. The molecule has 1 aliphatic rings. The Labute approximate surface area is 115 Å². The number of aliphatic imine (C=N–C) groups is 2. The van der Waals surface area contributed by atoms with E-state index in [-0.39, 0.29) is 5.92 Å². The Morgan fingerprint density at radius 3 is 2.63 bits per heavy atom. The first-order valence-electron chi connectivity index (χ1n) is 6.87. The summed E-state index contributed by atoms with van der Waals surface area (Å²) in [6.07, 6.45) is 12.1. The zero-order chi connectivity index (χ0) is 14.3. The normalized spacial score (nSPS) is 24.3. The molecule has 0 aromatic heterocycles. The minimum absolute atomic E-state index is 0.0562. The highest BCUT2D eigenvalue weighted by atomic mass is 16.1. The SMILES string of the molecule is CCC=CC=CC(CC)C1(C(N)=O)C=NC(CC)=N1. The topological polar surface area (TPSA) is 67.8 Å². The van der Waals surface area contributed by atoms with Crippen LogP contribution in [0.1, 0.15) is 40.0 Å². The second-order valence-corrected chi connectivity index (χ2v) is 4.57. The van der Waals surface area contributed by atoms with Crippen molar-refractivity contribution < 1.29 is 4.79 Å². The zero-order valence-electron chi connectivity index (χ0n) is 12.0. The molecule has 1 amide bonds. The minimum atomic E-state index is -1.00. The number of amides is 1. The van der Waals surface area contributed by atoms with Gasteiger partial charge in [-0.05, 0) is 12.8 Å². The van der Waals surface area contributed by atoms with Gasteiger partial charge in [0, 0.05) is 18.6 Å². The number of nitrogens with zero attached hydrogens (tertiary/aromatic N) is 2. The van der Waals surface area contributed by atoms with Crippen molar-refractivity contribution in [3.63, 3.8) is 0 Å². The van der Waals surface area contributed by atoms with Gasteiger partial charge in [-0.15, -0.1) is 0 Å². The molecule has 1 aliphatic heterocycles. The molecule has 4 heteroatoms. The van der Waals surface area contributed by atoms with Crippen LogP contribution < -0.4 is 5.73 Å². The van der Waals surface area contributed by atoms with Crippen molar-refractivity contribution in [1.29, 1.82) is 0 Å². The minimum Gasteiger partial charge on any atom is -0.367 e. The Kier molecular flexibility index (Phi) is 5.67. The van der Waals surface area contributed by atoms with E-state index in [4.69, 9.17) is 5.73 Å². The van der Waals surface area contributed by atoms with Crippen LogP contribution in [0.25, 0.3) is 0 Å². The Hall–Kier alpha value is -1.71. The lowest BCUT2D eigenvalue weighted by Gasteiger charge is -2.26. The van der Waals surface area contributed by atoms with Crippen molar-refractivity contribution in [3.05, 3.63) is 24.3 Å². The van der Waals surface area contributed by atoms with Crippen molar-refractivity contribution in [3.8, 4) is 0 Å². The highest BCUT2D eigenvalue weighted by molar-refractivity contribution is 6.12. The first kappa shape index (κ1) is 15.3. The molecule has 4 nitrogen and oxygen atoms in total. The Morgan fingerprint density at radius 2 is 2.16 bits per heavy atom. The Balaban J connectivity index is 3.02. The molecule has 0 fully saturated rings. The number of nitrogens with two attached hydrogens (primary N) is 1. The van der Waals surface area contributed by atoms with Crippen LogP contribution >= 0.6 is 0 Å². The summed E-state index contributed by atoms with van der Waals surface area (Å²) in [4.78, 5) is 20.5. The second-order valence-electron chi connectivity index (χ2n) is 4.57. The summed E-state index contributed by atoms with van der Waals surface area (Å²) in [6.45, 7) is 6.07. The summed E-state index contributed by atoms with van der Waals surface area (Å²) in [5.41, 5.74) is 4.56. The molecule has 0 bridgehead atoms. The Bertz CT molecular complexity index is 435. The third-order valence-electron chi connectivity index (χ3n) is 3.27. The van der Waals surface area contributed by atoms with Gasteiger partial charge in [0.1, 0.15) is 5.84 Å². The summed E-state index contributed by atoms with van der Waals surface area (Å²) in [5, 5.41) is 0. The van der Waals surface area contributed by atoms with Gasteiger partial charge in [0.25, 0.3) is 5.91 Å². The summed E-state index contributed by atoms with van der Waals surface area (Å²) >= 11 is 0. The molecule has 0 spiro atoms. The molecule has 0 saturated carbocycles.